The Morgan fingerprint density at radius 1 is 1.33 bits per heavy atom. The van der Waals surface area contributed by atoms with Crippen LogP contribution >= 0.6 is 0 Å². The van der Waals surface area contributed by atoms with Gasteiger partial charge in [0.2, 0.25) is 0 Å². The SMILES string of the molecule is CCCCNC(=NCC1CCCCO1)NCCn1cnnc1CC. The Labute approximate surface area is 145 Å². The van der Waals surface area contributed by atoms with Crippen LogP contribution < -0.4 is 10.6 Å². The topological polar surface area (TPSA) is 76.4 Å². The van der Waals surface area contributed by atoms with Crippen LogP contribution in [0.25, 0.3) is 0 Å². The van der Waals surface area contributed by atoms with Crippen LogP contribution in [0.3, 0.4) is 0 Å². The molecule has 136 valence electrons. The highest BCUT2D eigenvalue weighted by Gasteiger charge is 2.13. The van der Waals surface area contributed by atoms with Gasteiger partial charge >= 0.3 is 0 Å². The number of hydrogen-bond acceptors (Lipinski definition) is 4. The molecule has 1 aliphatic heterocycles. The minimum absolute atomic E-state index is 0.271. The first kappa shape index (κ1) is 18.7. The van der Waals surface area contributed by atoms with Gasteiger partial charge in [0.05, 0.1) is 12.6 Å². The van der Waals surface area contributed by atoms with E-state index in [-0.39, 0.29) is 6.10 Å². The molecule has 2 N–H and O–H groups in total. The molecule has 1 aromatic heterocycles. The summed E-state index contributed by atoms with van der Waals surface area (Å²) < 4.78 is 7.85. The minimum atomic E-state index is 0.271. The maximum atomic E-state index is 5.76. The molecule has 24 heavy (non-hydrogen) atoms. The molecule has 7 heteroatoms. The first-order chi connectivity index (χ1) is 11.8. The van der Waals surface area contributed by atoms with Crippen molar-refractivity contribution in [1.29, 1.82) is 0 Å². The normalized spacial score (nSPS) is 18.6. The predicted octanol–water partition coefficient (Wildman–Crippen LogP) is 1.74. The van der Waals surface area contributed by atoms with Crippen LogP contribution in [0, 0.1) is 0 Å². The van der Waals surface area contributed by atoms with E-state index in [2.05, 4.69) is 39.2 Å². The van der Waals surface area contributed by atoms with Crippen molar-refractivity contribution in [3.8, 4) is 0 Å². The minimum Gasteiger partial charge on any atom is -0.376 e. The lowest BCUT2D eigenvalue weighted by atomic mass is 10.1. The molecule has 1 aromatic rings. The zero-order valence-corrected chi connectivity index (χ0v) is 15.1. The number of nitrogens with zero attached hydrogens (tertiary/aromatic N) is 4. The van der Waals surface area contributed by atoms with Crippen LogP contribution in [0.5, 0.6) is 0 Å². The van der Waals surface area contributed by atoms with Gasteiger partial charge in [0.25, 0.3) is 0 Å². The largest absolute Gasteiger partial charge is 0.376 e. The third-order valence-electron chi connectivity index (χ3n) is 4.21. The number of aryl methyl sites for hydroxylation is 1. The molecular weight excluding hydrogens is 304 g/mol. The van der Waals surface area contributed by atoms with E-state index in [1.165, 1.54) is 19.3 Å². The van der Waals surface area contributed by atoms with Crippen LogP contribution in [-0.2, 0) is 17.7 Å². The van der Waals surface area contributed by atoms with Crippen molar-refractivity contribution in [2.45, 2.75) is 65.0 Å². The molecule has 1 aliphatic rings. The third-order valence-corrected chi connectivity index (χ3v) is 4.21. The van der Waals surface area contributed by atoms with Gasteiger partial charge in [-0.25, -0.2) is 0 Å². The first-order valence-electron chi connectivity index (χ1n) is 9.34. The van der Waals surface area contributed by atoms with E-state index in [1.54, 1.807) is 6.33 Å². The number of aliphatic imine (C=N–C) groups is 1. The summed E-state index contributed by atoms with van der Waals surface area (Å²) in [6.45, 7) is 8.48. The maximum Gasteiger partial charge on any atom is 0.191 e. The molecule has 0 saturated carbocycles. The molecule has 7 nitrogen and oxygen atoms in total. The molecular formula is C17H32N6O. The predicted molar refractivity (Wildman–Crippen MR) is 96.2 cm³/mol. The smallest absolute Gasteiger partial charge is 0.191 e. The Balaban J connectivity index is 1.80. The molecule has 0 spiro atoms. The second kappa shape index (κ2) is 11.0. The van der Waals surface area contributed by atoms with Gasteiger partial charge in [-0.2, -0.15) is 0 Å². The monoisotopic (exact) mass is 336 g/mol. The lowest BCUT2D eigenvalue weighted by Gasteiger charge is -2.21. The van der Waals surface area contributed by atoms with Crippen molar-refractivity contribution in [1.82, 2.24) is 25.4 Å². The van der Waals surface area contributed by atoms with Gasteiger partial charge in [0, 0.05) is 32.7 Å². The fourth-order valence-electron chi connectivity index (χ4n) is 2.74. The van der Waals surface area contributed by atoms with Crippen molar-refractivity contribution < 1.29 is 4.74 Å². The number of hydrogen-bond donors (Lipinski definition) is 2. The number of ether oxygens (including phenoxy) is 1. The number of nitrogens with one attached hydrogen (secondary N) is 2. The summed E-state index contributed by atoms with van der Waals surface area (Å²) in [6.07, 6.45) is 8.82. The summed E-state index contributed by atoms with van der Waals surface area (Å²) in [4.78, 5) is 4.71. The van der Waals surface area contributed by atoms with Gasteiger partial charge in [-0.3, -0.25) is 4.99 Å². The second-order valence-electron chi connectivity index (χ2n) is 6.18. The van der Waals surface area contributed by atoms with Crippen LogP contribution in [0.15, 0.2) is 11.3 Å². The Morgan fingerprint density at radius 3 is 2.96 bits per heavy atom. The molecule has 1 unspecified atom stereocenters. The fraction of sp³-hybridized carbons (Fsp3) is 0.824. The van der Waals surface area contributed by atoms with Gasteiger partial charge in [-0.15, -0.1) is 10.2 Å². The average Bonchev–Trinajstić information content (AvgIpc) is 3.08. The van der Waals surface area contributed by atoms with Gasteiger partial charge in [0.1, 0.15) is 12.2 Å². The van der Waals surface area contributed by atoms with E-state index in [4.69, 9.17) is 9.73 Å². The van der Waals surface area contributed by atoms with Crippen LogP contribution in [0.4, 0.5) is 0 Å². The van der Waals surface area contributed by atoms with Crippen molar-refractivity contribution in [3.05, 3.63) is 12.2 Å². The second-order valence-corrected chi connectivity index (χ2v) is 6.18. The van der Waals surface area contributed by atoms with E-state index in [1.807, 2.05) is 0 Å². The maximum absolute atomic E-state index is 5.76. The Bertz CT molecular complexity index is 481. The highest BCUT2D eigenvalue weighted by Crippen LogP contribution is 2.12. The zero-order chi connectivity index (χ0) is 17.0. The van der Waals surface area contributed by atoms with Gasteiger partial charge in [-0.05, 0) is 25.7 Å². The van der Waals surface area contributed by atoms with E-state index < -0.39 is 0 Å². The summed E-state index contributed by atoms with van der Waals surface area (Å²) >= 11 is 0. The Kier molecular flexibility index (Phi) is 8.59. The first-order valence-corrected chi connectivity index (χ1v) is 9.34. The van der Waals surface area contributed by atoms with Gasteiger partial charge in [0.15, 0.2) is 5.96 Å². The summed E-state index contributed by atoms with van der Waals surface area (Å²) in [5.41, 5.74) is 0. The molecule has 1 fully saturated rings. The molecule has 1 atom stereocenters. The number of aromatic nitrogens is 3. The quantitative estimate of drug-likeness (QED) is 0.408. The van der Waals surface area contributed by atoms with Crippen LogP contribution in [0.2, 0.25) is 0 Å². The average molecular weight is 336 g/mol. The van der Waals surface area contributed by atoms with Crippen LogP contribution in [0.1, 0.15) is 51.8 Å². The number of unbranched alkanes of at least 4 members (excludes halogenated alkanes) is 1. The Morgan fingerprint density at radius 2 is 2.21 bits per heavy atom. The van der Waals surface area contributed by atoms with Crippen molar-refractivity contribution in [2.24, 2.45) is 4.99 Å². The van der Waals surface area contributed by atoms with E-state index in [9.17, 15) is 0 Å². The summed E-state index contributed by atoms with van der Waals surface area (Å²) in [5.74, 6) is 1.90. The molecule has 0 aliphatic carbocycles. The van der Waals surface area contributed by atoms with Crippen LogP contribution in [-0.4, -0.2) is 53.1 Å². The molecule has 2 heterocycles. The molecule has 2 rings (SSSR count). The molecule has 0 bridgehead atoms. The zero-order valence-electron chi connectivity index (χ0n) is 15.1. The summed E-state index contributed by atoms with van der Waals surface area (Å²) in [7, 11) is 0. The van der Waals surface area contributed by atoms with Crippen molar-refractivity contribution in [3.63, 3.8) is 0 Å². The number of rotatable bonds is 9. The van der Waals surface area contributed by atoms with E-state index in [0.717, 1.165) is 63.8 Å². The fourth-order valence-corrected chi connectivity index (χ4v) is 2.74. The van der Waals surface area contributed by atoms with Crippen molar-refractivity contribution >= 4 is 5.96 Å². The Hall–Kier alpha value is -1.63. The third kappa shape index (κ3) is 6.47. The molecule has 0 aromatic carbocycles. The van der Waals surface area contributed by atoms with E-state index >= 15 is 0 Å². The molecule has 0 amide bonds. The van der Waals surface area contributed by atoms with Gasteiger partial charge in [-0.1, -0.05) is 20.3 Å². The standard InChI is InChI=1S/C17H32N6O/c1-3-5-9-18-17(20-13-15-8-6-7-12-24-15)19-10-11-23-14-21-22-16(23)4-2/h14-15H,3-13H2,1-2H3,(H2,18,19,20). The lowest BCUT2D eigenvalue weighted by molar-refractivity contribution is 0.0224. The number of guanidine groups is 1. The van der Waals surface area contributed by atoms with Crippen molar-refractivity contribution in [2.75, 3.05) is 26.2 Å². The molecule has 1 saturated heterocycles. The molecule has 0 radical (unpaired) electrons. The lowest BCUT2D eigenvalue weighted by Crippen LogP contribution is -2.40. The van der Waals surface area contributed by atoms with E-state index in [0.29, 0.717) is 0 Å². The summed E-state index contributed by atoms with van der Waals surface area (Å²) in [5, 5.41) is 14.9. The van der Waals surface area contributed by atoms with Gasteiger partial charge < -0.3 is 19.9 Å². The highest BCUT2D eigenvalue weighted by atomic mass is 16.5. The highest BCUT2D eigenvalue weighted by molar-refractivity contribution is 5.79. The summed E-state index contributed by atoms with van der Waals surface area (Å²) in [6, 6.07) is 0.